The molecule has 2 aromatic rings. The Labute approximate surface area is 137 Å². The highest BCUT2D eigenvalue weighted by molar-refractivity contribution is 5.91. The van der Waals surface area contributed by atoms with Gasteiger partial charge in [0.25, 0.3) is 5.91 Å². The Balaban J connectivity index is 1.60. The molecule has 1 aromatic heterocycles. The molecule has 4 nitrogen and oxygen atoms in total. The van der Waals surface area contributed by atoms with Gasteiger partial charge in [-0.15, -0.1) is 0 Å². The van der Waals surface area contributed by atoms with Crippen LogP contribution < -0.4 is 4.74 Å². The first-order valence-corrected chi connectivity index (χ1v) is 8.07. The van der Waals surface area contributed by atoms with E-state index in [4.69, 9.17) is 9.15 Å². The minimum absolute atomic E-state index is 0.0603. The zero-order valence-electron chi connectivity index (χ0n) is 14.0. The quantitative estimate of drug-likeness (QED) is 0.811. The van der Waals surface area contributed by atoms with Gasteiger partial charge < -0.3 is 14.1 Å². The number of hydrogen-bond donors (Lipinski definition) is 0. The Morgan fingerprint density at radius 1 is 1.26 bits per heavy atom. The van der Waals surface area contributed by atoms with Gasteiger partial charge in [0.15, 0.2) is 5.76 Å². The average Bonchev–Trinajstić information content (AvgIpc) is 3.22. The van der Waals surface area contributed by atoms with Crippen LogP contribution in [0.3, 0.4) is 0 Å². The van der Waals surface area contributed by atoms with Crippen LogP contribution in [0.2, 0.25) is 0 Å². The summed E-state index contributed by atoms with van der Waals surface area (Å²) in [5, 5.41) is 0. The van der Waals surface area contributed by atoms with Crippen molar-refractivity contribution in [3.8, 4) is 5.75 Å². The Morgan fingerprint density at radius 3 is 2.78 bits per heavy atom. The van der Waals surface area contributed by atoms with E-state index >= 15 is 0 Å². The van der Waals surface area contributed by atoms with Gasteiger partial charge in [-0.2, -0.15) is 0 Å². The number of ether oxygens (including phenoxy) is 1. The molecular weight excluding hydrogens is 290 g/mol. The molecule has 4 heteroatoms. The van der Waals surface area contributed by atoms with E-state index in [1.807, 2.05) is 39.1 Å². The number of aryl methyl sites for hydroxylation is 2. The lowest BCUT2D eigenvalue weighted by Gasteiger charge is -2.14. The van der Waals surface area contributed by atoms with Gasteiger partial charge in [-0.3, -0.25) is 4.79 Å². The van der Waals surface area contributed by atoms with Crippen LogP contribution in [0.5, 0.6) is 5.75 Å². The SMILES string of the molecule is Cc1ccc(C)c(OCc2ccc(C(=O)N(C)CC3CC3)o2)c1. The molecule has 1 heterocycles. The molecule has 1 aliphatic rings. The lowest BCUT2D eigenvalue weighted by atomic mass is 10.1. The number of nitrogens with zero attached hydrogens (tertiary/aromatic N) is 1. The van der Waals surface area contributed by atoms with Crippen LogP contribution in [0.25, 0.3) is 0 Å². The number of carbonyl (C=O) groups is 1. The highest BCUT2D eigenvalue weighted by Gasteiger charge is 2.26. The van der Waals surface area contributed by atoms with Gasteiger partial charge >= 0.3 is 0 Å². The van der Waals surface area contributed by atoms with Crippen molar-refractivity contribution in [1.29, 1.82) is 0 Å². The van der Waals surface area contributed by atoms with E-state index in [2.05, 4.69) is 6.07 Å². The molecule has 1 amide bonds. The van der Waals surface area contributed by atoms with Crippen LogP contribution in [0.1, 0.15) is 40.3 Å². The third-order valence-electron chi connectivity index (χ3n) is 4.16. The predicted octanol–water partition coefficient (Wildman–Crippen LogP) is 3.96. The van der Waals surface area contributed by atoms with E-state index in [0.717, 1.165) is 23.4 Å². The van der Waals surface area contributed by atoms with Crippen LogP contribution in [-0.4, -0.2) is 24.4 Å². The molecule has 1 aliphatic carbocycles. The maximum atomic E-state index is 12.3. The van der Waals surface area contributed by atoms with Gasteiger partial charge in [0.1, 0.15) is 18.1 Å². The summed E-state index contributed by atoms with van der Waals surface area (Å²) in [6.45, 7) is 5.18. The van der Waals surface area contributed by atoms with Gasteiger partial charge in [-0.25, -0.2) is 0 Å². The Morgan fingerprint density at radius 2 is 2.04 bits per heavy atom. The fourth-order valence-electron chi connectivity index (χ4n) is 2.54. The molecule has 0 saturated heterocycles. The van der Waals surface area contributed by atoms with Gasteiger partial charge in [0.05, 0.1) is 0 Å². The Kier molecular flexibility index (Phi) is 4.42. The minimum atomic E-state index is -0.0603. The minimum Gasteiger partial charge on any atom is -0.485 e. The fourth-order valence-corrected chi connectivity index (χ4v) is 2.54. The third kappa shape index (κ3) is 3.95. The van der Waals surface area contributed by atoms with E-state index < -0.39 is 0 Å². The highest BCUT2D eigenvalue weighted by Crippen LogP contribution is 2.29. The van der Waals surface area contributed by atoms with Crippen molar-refractivity contribution in [3.63, 3.8) is 0 Å². The molecule has 0 aliphatic heterocycles. The van der Waals surface area contributed by atoms with Crippen LogP contribution >= 0.6 is 0 Å². The van der Waals surface area contributed by atoms with E-state index in [0.29, 0.717) is 24.0 Å². The van der Waals surface area contributed by atoms with Gasteiger partial charge in [0, 0.05) is 13.6 Å². The fraction of sp³-hybridized carbons (Fsp3) is 0.421. The standard InChI is InChI=1S/C19H23NO3/c1-13-4-5-14(2)18(10-13)22-12-16-8-9-17(23-16)19(21)20(3)11-15-6-7-15/h4-5,8-10,15H,6-7,11-12H2,1-3H3. The van der Waals surface area contributed by atoms with Crippen LogP contribution in [0, 0.1) is 19.8 Å². The van der Waals surface area contributed by atoms with Crippen molar-refractivity contribution in [3.05, 3.63) is 53.0 Å². The first kappa shape index (κ1) is 15.7. The largest absolute Gasteiger partial charge is 0.485 e. The molecule has 0 bridgehead atoms. The second-order valence-corrected chi connectivity index (χ2v) is 6.45. The molecule has 3 rings (SSSR count). The zero-order valence-corrected chi connectivity index (χ0v) is 14.0. The van der Waals surface area contributed by atoms with Crippen molar-refractivity contribution in [2.75, 3.05) is 13.6 Å². The average molecular weight is 313 g/mol. The smallest absolute Gasteiger partial charge is 0.289 e. The summed E-state index contributed by atoms with van der Waals surface area (Å²) >= 11 is 0. The summed E-state index contributed by atoms with van der Waals surface area (Å²) in [4.78, 5) is 14.0. The summed E-state index contributed by atoms with van der Waals surface area (Å²) in [5.74, 6) is 2.50. The first-order chi connectivity index (χ1) is 11.0. The topological polar surface area (TPSA) is 42.7 Å². The maximum absolute atomic E-state index is 12.3. The van der Waals surface area contributed by atoms with E-state index in [1.54, 1.807) is 11.0 Å². The number of benzene rings is 1. The van der Waals surface area contributed by atoms with E-state index in [9.17, 15) is 4.79 Å². The molecule has 0 radical (unpaired) electrons. The van der Waals surface area contributed by atoms with Gasteiger partial charge in [-0.1, -0.05) is 12.1 Å². The lowest BCUT2D eigenvalue weighted by molar-refractivity contribution is 0.0753. The molecule has 122 valence electrons. The predicted molar refractivity (Wildman–Crippen MR) is 88.6 cm³/mol. The van der Waals surface area contributed by atoms with Crippen molar-refractivity contribution in [2.45, 2.75) is 33.3 Å². The summed E-state index contributed by atoms with van der Waals surface area (Å²) in [7, 11) is 1.83. The molecule has 0 atom stereocenters. The van der Waals surface area contributed by atoms with E-state index in [1.165, 1.54) is 12.8 Å². The normalized spacial score (nSPS) is 13.9. The Hall–Kier alpha value is -2.23. The highest BCUT2D eigenvalue weighted by atomic mass is 16.5. The summed E-state index contributed by atoms with van der Waals surface area (Å²) in [5.41, 5.74) is 2.24. The molecule has 1 saturated carbocycles. The van der Waals surface area contributed by atoms with E-state index in [-0.39, 0.29) is 5.91 Å². The number of amides is 1. The second-order valence-electron chi connectivity index (χ2n) is 6.45. The van der Waals surface area contributed by atoms with Crippen molar-refractivity contribution in [2.24, 2.45) is 5.92 Å². The second kappa shape index (κ2) is 6.49. The molecular formula is C19H23NO3. The number of rotatable bonds is 6. The molecule has 1 fully saturated rings. The number of hydrogen-bond acceptors (Lipinski definition) is 3. The number of carbonyl (C=O) groups excluding carboxylic acids is 1. The summed E-state index contributed by atoms with van der Waals surface area (Å²) in [6, 6.07) is 9.64. The number of furan rings is 1. The zero-order chi connectivity index (χ0) is 16.4. The van der Waals surface area contributed by atoms with Gasteiger partial charge in [0.2, 0.25) is 0 Å². The molecule has 23 heavy (non-hydrogen) atoms. The summed E-state index contributed by atoms with van der Waals surface area (Å²) in [6.07, 6.45) is 2.45. The van der Waals surface area contributed by atoms with Crippen molar-refractivity contribution >= 4 is 5.91 Å². The Bertz CT molecular complexity index is 700. The lowest BCUT2D eigenvalue weighted by Crippen LogP contribution is -2.28. The molecule has 0 spiro atoms. The maximum Gasteiger partial charge on any atom is 0.289 e. The van der Waals surface area contributed by atoms with Gasteiger partial charge in [-0.05, 0) is 61.9 Å². The van der Waals surface area contributed by atoms with Crippen molar-refractivity contribution < 1.29 is 13.9 Å². The third-order valence-corrected chi connectivity index (χ3v) is 4.16. The molecule has 0 N–H and O–H groups in total. The van der Waals surface area contributed by atoms with Crippen molar-refractivity contribution in [1.82, 2.24) is 4.90 Å². The molecule has 0 unspecified atom stereocenters. The van der Waals surface area contributed by atoms with Crippen LogP contribution in [0.15, 0.2) is 34.7 Å². The monoisotopic (exact) mass is 313 g/mol. The summed E-state index contributed by atoms with van der Waals surface area (Å²) < 4.78 is 11.5. The molecule has 1 aromatic carbocycles. The first-order valence-electron chi connectivity index (χ1n) is 8.07. The van der Waals surface area contributed by atoms with Crippen LogP contribution in [0.4, 0.5) is 0 Å². The van der Waals surface area contributed by atoms with Crippen LogP contribution in [-0.2, 0) is 6.61 Å².